The van der Waals surface area contributed by atoms with Gasteiger partial charge in [0.2, 0.25) is 0 Å². The van der Waals surface area contributed by atoms with E-state index < -0.39 is 0 Å². The summed E-state index contributed by atoms with van der Waals surface area (Å²) in [5, 5.41) is 3.51. The summed E-state index contributed by atoms with van der Waals surface area (Å²) in [4.78, 5) is 2.47. The van der Waals surface area contributed by atoms with Crippen molar-refractivity contribution in [2.75, 3.05) is 46.0 Å². The summed E-state index contributed by atoms with van der Waals surface area (Å²) >= 11 is 3.58. The molecule has 22 heavy (non-hydrogen) atoms. The topological polar surface area (TPSA) is 33.7 Å². The van der Waals surface area contributed by atoms with Crippen molar-refractivity contribution >= 4 is 15.9 Å². The molecule has 1 N–H and O–H groups in total. The lowest BCUT2D eigenvalue weighted by Crippen LogP contribution is -2.37. The summed E-state index contributed by atoms with van der Waals surface area (Å²) in [5.74, 6) is 0.929. The van der Waals surface area contributed by atoms with Gasteiger partial charge in [-0.05, 0) is 59.6 Å². The molecular formula is C17H27BrN2O2. The number of ether oxygens (including phenoxy) is 2. The van der Waals surface area contributed by atoms with Crippen LogP contribution in [0.1, 0.15) is 25.3 Å². The van der Waals surface area contributed by atoms with Crippen LogP contribution in [0.4, 0.5) is 0 Å². The van der Waals surface area contributed by atoms with Gasteiger partial charge >= 0.3 is 0 Å². The molecule has 1 aromatic rings. The first-order valence-corrected chi connectivity index (χ1v) is 9.01. The highest BCUT2D eigenvalue weighted by molar-refractivity contribution is 9.10. The van der Waals surface area contributed by atoms with Crippen LogP contribution in [0.25, 0.3) is 0 Å². The quantitative estimate of drug-likeness (QED) is 0.677. The highest BCUT2D eigenvalue weighted by Crippen LogP contribution is 2.26. The van der Waals surface area contributed by atoms with E-state index in [0.717, 1.165) is 69.2 Å². The molecule has 0 radical (unpaired) electrons. The minimum atomic E-state index is 0.762. The molecule has 0 bridgehead atoms. The number of halogens is 1. The summed E-state index contributed by atoms with van der Waals surface area (Å²) in [6.45, 7) is 9.89. The molecular weight excluding hydrogens is 344 g/mol. The summed E-state index contributed by atoms with van der Waals surface area (Å²) < 4.78 is 12.1. The van der Waals surface area contributed by atoms with E-state index in [1.807, 2.05) is 6.07 Å². The number of nitrogens with one attached hydrogen (secondary N) is 1. The zero-order valence-corrected chi connectivity index (χ0v) is 15.0. The summed E-state index contributed by atoms with van der Waals surface area (Å²) in [6.07, 6.45) is 2.21. The Bertz CT molecular complexity index is 437. The Morgan fingerprint density at radius 2 is 2.14 bits per heavy atom. The Hall–Kier alpha value is -0.620. The second-order valence-corrected chi connectivity index (χ2v) is 6.45. The maximum Gasteiger partial charge on any atom is 0.133 e. The highest BCUT2D eigenvalue weighted by atomic mass is 79.9. The number of nitrogens with zero attached hydrogens (tertiary/aromatic N) is 1. The molecule has 0 atom stereocenters. The van der Waals surface area contributed by atoms with Crippen molar-refractivity contribution in [2.45, 2.75) is 26.3 Å². The van der Waals surface area contributed by atoms with Crippen molar-refractivity contribution in [1.82, 2.24) is 10.2 Å². The number of hydrogen-bond acceptors (Lipinski definition) is 4. The minimum absolute atomic E-state index is 0.762. The fourth-order valence-electron chi connectivity index (χ4n) is 2.47. The van der Waals surface area contributed by atoms with Gasteiger partial charge in [0, 0.05) is 19.6 Å². The van der Waals surface area contributed by atoms with Crippen LogP contribution in [-0.4, -0.2) is 50.9 Å². The maximum atomic E-state index is 5.67. The van der Waals surface area contributed by atoms with Crippen LogP contribution in [0.15, 0.2) is 22.7 Å². The summed E-state index contributed by atoms with van der Waals surface area (Å²) in [5.41, 5.74) is 1.28. The molecule has 0 amide bonds. The third-order valence-electron chi connectivity index (χ3n) is 3.72. The molecule has 0 spiro atoms. The average molecular weight is 371 g/mol. The van der Waals surface area contributed by atoms with Crippen molar-refractivity contribution < 1.29 is 9.47 Å². The standard InChI is InChI=1S/C17H27BrN2O2/c1-2-10-22-17-5-4-15(13-16(17)18)14-19-6-3-7-20-8-11-21-12-9-20/h4-5,13,19H,2-3,6-12,14H2,1H3. The minimum Gasteiger partial charge on any atom is -0.492 e. The molecule has 4 nitrogen and oxygen atoms in total. The predicted molar refractivity (Wildman–Crippen MR) is 93.5 cm³/mol. The Kier molecular flexibility index (Phi) is 8.23. The van der Waals surface area contributed by atoms with Crippen molar-refractivity contribution in [1.29, 1.82) is 0 Å². The number of hydrogen-bond donors (Lipinski definition) is 1. The van der Waals surface area contributed by atoms with Gasteiger partial charge in [-0.3, -0.25) is 4.90 Å². The maximum absolute atomic E-state index is 5.67. The molecule has 124 valence electrons. The molecule has 2 rings (SSSR count). The predicted octanol–water partition coefficient (Wildman–Crippen LogP) is 3.05. The van der Waals surface area contributed by atoms with Gasteiger partial charge in [-0.2, -0.15) is 0 Å². The number of rotatable bonds is 9. The molecule has 1 saturated heterocycles. The first kappa shape index (κ1) is 17.7. The Morgan fingerprint density at radius 1 is 1.32 bits per heavy atom. The van der Waals surface area contributed by atoms with Crippen molar-refractivity contribution in [3.8, 4) is 5.75 Å². The number of benzene rings is 1. The molecule has 1 aliphatic rings. The second kappa shape index (κ2) is 10.2. The van der Waals surface area contributed by atoms with Gasteiger partial charge in [-0.1, -0.05) is 13.0 Å². The fraction of sp³-hybridized carbons (Fsp3) is 0.647. The van der Waals surface area contributed by atoms with Crippen molar-refractivity contribution in [2.24, 2.45) is 0 Å². The zero-order valence-electron chi connectivity index (χ0n) is 13.4. The van der Waals surface area contributed by atoms with Crippen LogP contribution in [0.2, 0.25) is 0 Å². The first-order chi connectivity index (χ1) is 10.8. The Balaban J connectivity index is 1.63. The first-order valence-electron chi connectivity index (χ1n) is 8.21. The largest absolute Gasteiger partial charge is 0.492 e. The van der Waals surface area contributed by atoms with Crippen molar-refractivity contribution in [3.63, 3.8) is 0 Å². The third kappa shape index (κ3) is 6.24. The van der Waals surface area contributed by atoms with Crippen LogP contribution in [0.5, 0.6) is 5.75 Å². The Morgan fingerprint density at radius 3 is 2.86 bits per heavy atom. The van der Waals surface area contributed by atoms with Crippen LogP contribution in [0, 0.1) is 0 Å². The van der Waals surface area contributed by atoms with Crippen LogP contribution >= 0.6 is 15.9 Å². The van der Waals surface area contributed by atoms with Crippen molar-refractivity contribution in [3.05, 3.63) is 28.2 Å². The summed E-state index contributed by atoms with van der Waals surface area (Å²) in [7, 11) is 0. The zero-order chi connectivity index (χ0) is 15.6. The van der Waals surface area contributed by atoms with Crippen LogP contribution in [-0.2, 0) is 11.3 Å². The molecule has 0 unspecified atom stereocenters. The lowest BCUT2D eigenvalue weighted by atomic mass is 10.2. The van der Waals surface area contributed by atoms with E-state index in [2.05, 4.69) is 45.2 Å². The van der Waals surface area contributed by atoms with E-state index in [1.165, 1.54) is 12.0 Å². The van der Waals surface area contributed by atoms with Gasteiger partial charge in [-0.25, -0.2) is 0 Å². The lowest BCUT2D eigenvalue weighted by molar-refractivity contribution is 0.0374. The van der Waals surface area contributed by atoms with Crippen LogP contribution < -0.4 is 10.1 Å². The van der Waals surface area contributed by atoms with E-state index in [1.54, 1.807) is 0 Å². The summed E-state index contributed by atoms with van der Waals surface area (Å²) in [6, 6.07) is 6.31. The molecule has 1 aliphatic heterocycles. The van der Waals surface area contributed by atoms with Gasteiger partial charge < -0.3 is 14.8 Å². The molecule has 1 fully saturated rings. The van der Waals surface area contributed by atoms with Gasteiger partial charge in [0.25, 0.3) is 0 Å². The van der Waals surface area contributed by atoms with Gasteiger partial charge in [0.1, 0.15) is 5.75 Å². The fourth-order valence-corrected chi connectivity index (χ4v) is 3.01. The van der Waals surface area contributed by atoms with Gasteiger partial charge in [0.15, 0.2) is 0 Å². The molecule has 1 aromatic carbocycles. The van der Waals surface area contributed by atoms with E-state index in [4.69, 9.17) is 9.47 Å². The van der Waals surface area contributed by atoms with Crippen LogP contribution in [0.3, 0.4) is 0 Å². The van der Waals surface area contributed by atoms with Gasteiger partial charge in [-0.15, -0.1) is 0 Å². The number of morpholine rings is 1. The van der Waals surface area contributed by atoms with E-state index in [0.29, 0.717) is 0 Å². The molecule has 5 heteroatoms. The Labute approximate surface area is 142 Å². The van der Waals surface area contributed by atoms with E-state index in [9.17, 15) is 0 Å². The smallest absolute Gasteiger partial charge is 0.133 e. The molecule has 0 saturated carbocycles. The lowest BCUT2D eigenvalue weighted by Gasteiger charge is -2.26. The van der Waals surface area contributed by atoms with E-state index >= 15 is 0 Å². The molecule has 1 heterocycles. The average Bonchev–Trinajstić information content (AvgIpc) is 2.55. The second-order valence-electron chi connectivity index (χ2n) is 5.60. The third-order valence-corrected chi connectivity index (χ3v) is 4.34. The molecule has 0 aromatic heterocycles. The van der Waals surface area contributed by atoms with E-state index in [-0.39, 0.29) is 0 Å². The molecule has 0 aliphatic carbocycles. The monoisotopic (exact) mass is 370 g/mol. The normalized spacial score (nSPS) is 15.9. The SMILES string of the molecule is CCCOc1ccc(CNCCCN2CCOCC2)cc1Br. The highest BCUT2D eigenvalue weighted by Gasteiger charge is 2.09. The van der Waals surface area contributed by atoms with Gasteiger partial charge in [0.05, 0.1) is 24.3 Å².